The summed E-state index contributed by atoms with van der Waals surface area (Å²) >= 11 is 5.97. The predicted octanol–water partition coefficient (Wildman–Crippen LogP) is 3.20. The molecule has 1 aromatic heterocycles. The molecule has 2 aromatic rings. The van der Waals surface area contributed by atoms with Crippen LogP contribution in [0.3, 0.4) is 0 Å². The topological polar surface area (TPSA) is 74.2 Å². The summed E-state index contributed by atoms with van der Waals surface area (Å²) in [7, 11) is 0. The van der Waals surface area contributed by atoms with E-state index < -0.39 is 0 Å². The van der Waals surface area contributed by atoms with Crippen LogP contribution in [0.15, 0.2) is 22.7 Å². The van der Waals surface area contributed by atoms with Crippen LogP contribution in [0.2, 0.25) is 5.02 Å². The SMILES string of the molecule is CC(N)c1cc(Cl)ccc1OCc1noc(C2CC2)n1. The highest BCUT2D eigenvalue weighted by molar-refractivity contribution is 6.30. The lowest BCUT2D eigenvalue weighted by molar-refractivity contribution is 0.281. The molecule has 1 aliphatic carbocycles. The summed E-state index contributed by atoms with van der Waals surface area (Å²) in [5.74, 6) is 2.41. The van der Waals surface area contributed by atoms with Crippen molar-refractivity contribution < 1.29 is 9.26 Å². The van der Waals surface area contributed by atoms with Gasteiger partial charge in [0, 0.05) is 22.5 Å². The average molecular weight is 294 g/mol. The Morgan fingerprint density at radius 3 is 3.00 bits per heavy atom. The fraction of sp³-hybridized carbons (Fsp3) is 0.429. The maximum Gasteiger partial charge on any atom is 0.229 e. The molecule has 6 heteroatoms. The molecule has 5 nitrogen and oxygen atoms in total. The van der Waals surface area contributed by atoms with E-state index in [0.717, 1.165) is 18.4 Å². The monoisotopic (exact) mass is 293 g/mol. The summed E-state index contributed by atoms with van der Waals surface area (Å²) < 4.78 is 10.9. The number of nitrogens with zero attached hydrogens (tertiary/aromatic N) is 2. The van der Waals surface area contributed by atoms with E-state index >= 15 is 0 Å². The number of rotatable bonds is 5. The van der Waals surface area contributed by atoms with Gasteiger partial charge in [0.05, 0.1) is 0 Å². The second-order valence-corrected chi connectivity index (χ2v) is 5.52. The third-order valence-electron chi connectivity index (χ3n) is 3.23. The van der Waals surface area contributed by atoms with E-state index in [9.17, 15) is 0 Å². The maximum atomic E-state index is 5.97. The Bertz CT molecular complexity index is 608. The molecule has 1 fully saturated rings. The van der Waals surface area contributed by atoms with Crippen LogP contribution in [-0.4, -0.2) is 10.1 Å². The summed E-state index contributed by atoms with van der Waals surface area (Å²) in [5, 5.41) is 4.56. The molecule has 0 bridgehead atoms. The molecular weight excluding hydrogens is 278 g/mol. The number of halogens is 1. The average Bonchev–Trinajstić information content (AvgIpc) is 3.17. The molecule has 0 saturated heterocycles. The van der Waals surface area contributed by atoms with E-state index in [1.807, 2.05) is 19.1 Å². The van der Waals surface area contributed by atoms with Gasteiger partial charge in [0.1, 0.15) is 5.75 Å². The summed E-state index contributed by atoms with van der Waals surface area (Å²) in [5.41, 5.74) is 6.78. The van der Waals surface area contributed by atoms with Crippen molar-refractivity contribution in [3.05, 3.63) is 40.5 Å². The van der Waals surface area contributed by atoms with Crippen LogP contribution in [0.5, 0.6) is 5.75 Å². The van der Waals surface area contributed by atoms with Crippen LogP contribution in [0, 0.1) is 0 Å². The molecule has 0 spiro atoms. The highest BCUT2D eigenvalue weighted by Gasteiger charge is 2.29. The van der Waals surface area contributed by atoms with Crippen molar-refractivity contribution in [1.82, 2.24) is 10.1 Å². The van der Waals surface area contributed by atoms with Gasteiger partial charge in [-0.25, -0.2) is 0 Å². The molecule has 1 heterocycles. The van der Waals surface area contributed by atoms with Crippen molar-refractivity contribution >= 4 is 11.6 Å². The minimum Gasteiger partial charge on any atom is -0.485 e. The van der Waals surface area contributed by atoms with Gasteiger partial charge in [0.25, 0.3) is 0 Å². The molecule has 0 radical (unpaired) electrons. The van der Waals surface area contributed by atoms with Crippen LogP contribution >= 0.6 is 11.6 Å². The highest BCUT2D eigenvalue weighted by Crippen LogP contribution is 2.38. The predicted molar refractivity (Wildman–Crippen MR) is 74.7 cm³/mol. The number of ether oxygens (including phenoxy) is 1. The van der Waals surface area contributed by atoms with Gasteiger partial charge in [-0.2, -0.15) is 4.98 Å². The fourth-order valence-electron chi connectivity index (χ4n) is 1.97. The zero-order chi connectivity index (χ0) is 14.1. The fourth-order valence-corrected chi connectivity index (χ4v) is 2.15. The van der Waals surface area contributed by atoms with E-state index in [-0.39, 0.29) is 12.6 Å². The molecule has 2 N–H and O–H groups in total. The third-order valence-corrected chi connectivity index (χ3v) is 3.46. The van der Waals surface area contributed by atoms with Crippen LogP contribution in [0.25, 0.3) is 0 Å². The quantitative estimate of drug-likeness (QED) is 0.916. The lowest BCUT2D eigenvalue weighted by atomic mass is 10.1. The molecule has 1 atom stereocenters. The third kappa shape index (κ3) is 2.94. The first-order valence-corrected chi connectivity index (χ1v) is 7.01. The van der Waals surface area contributed by atoms with E-state index in [1.165, 1.54) is 0 Å². The van der Waals surface area contributed by atoms with Crippen molar-refractivity contribution in [2.45, 2.75) is 38.3 Å². The molecule has 20 heavy (non-hydrogen) atoms. The zero-order valence-electron chi connectivity index (χ0n) is 11.2. The van der Waals surface area contributed by atoms with Gasteiger partial charge >= 0.3 is 0 Å². The summed E-state index contributed by atoms with van der Waals surface area (Å²) in [4.78, 5) is 4.32. The van der Waals surface area contributed by atoms with Gasteiger partial charge in [-0.1, -0.05) is 16.8 Å². The number of benzene rings is 1. The second kappa shape index (κ2) is 5.42. The summed E-state index contributed by atoms with van der Waals surface area (Å²) in [6.07, 6.45) is 2.27. The number of aromatic nitrogens is 2. The zero-order valence-corrected chi connectivity index (χ0v) is 11.9. The maximum absolute atomic E-state index is 5.97. The number of hydrogen-bond acceptors (Lipinski definition) is 5. The van der Waals surface area contributed by atoms with Crippen molar-refractivity contribution in [2.75, 3.05) is 0 Å². The van der Waals surface area contributed by atoms with Gasteiger partial charge in [-0.15, -0.1) is 0 Å². The van der Waals surface area contributed by atoms with Gasteiger partial charge in [-0.3, -0.25) is 0 Å². The minimum atomic E-state index is -0.156. The molecule has 1 unspecified atom stereocenters. The summed E-state index contributed by atoms with van der Waals surface area (Å²) in [6.45, 7) is 2.15. The van der Waals surface area contributed by atoms with Gasteiger partial charge in [0.2, 0.25) is 11.7 Å². The Balaban J connectivity index is 1.70. The van der Waals surface area contributed by atoms with Gasteiger partial charge in [-0.05, 0) is 38.0 Å². The Kier molecular flexibility index (Phi) is 3.63. The van der Waals surface area contributed by atoms with Crippen molar-refractivity contribution in [3.63, 3.8) is 0 Å². The van der Waals surface area contributed by atoms with Crippen molar-refractivity contribution in [3.8, 4) is 5.75 Å². The standard InChI is InChI=1S/C14H16ClN3O2/c1-8(16)11-6-10(15)4-5-12(11)19-7-13-17-14(20-18-13)9-2-3-9/h4-6,8-9H,2-3,7,16H2,1H3. The molecule has 1 saturated carbocycles. The largest absolute Gasteiger partial charge is 0.485 e. The van der Waals surface area contributed by atoms with Crippen LogP contribution in [0.4, 0.5) is 0 Å². The van der Waals surface area contributed by atoms with E-state index in [2.05, 4.69) is 10.1 Å². The van der Waals surface area contributed by atoms with Crippen LogP contribution in [-0.2, 0) is 6.61 Å². The van der Waals surface area contributed by atoms with Crippen LogP contribution in [0.1, 0.15) is 49.0 Å². The lowest BCUT2D eigenvalue weighted by Gasteiger charge is -2.13. The Labute approximate surface area is 122 Å². The van der Waals surface area contributed by atoms with E-state index in [4.69, 9.17) is 26.6 Å². The molecule has 1 aromatic carbocycles. The van der Waals surface area contributed by atoms with Gasteiger partial charge in [0.15, 0.2) is 6.61 Å². The lowest BCUT2D eigenvalue weighted by Crippen LogP contribution is -2.08. The van der Waals surface area contributed by atoms with Crippen molar-refractivity contribution in [1.29, 1.82) is 0 Å². The molecule has 106 valence electrons. The first-order valence-electron chi connectivity index (χ1n) is 6.64. The first-order chi connectivity index (χ1) is 9.63. The second-order valence-electron chi connectivity index (χ2n) is 5.08. The van der Waals surface area contributed by atoms with E-state index in [0.29, 0.717) is 28.4 Å². The molecular formula is C14H16ClN3O2. The van der Waals surface area contributed by atoms with E-state index in [1.54, 1.807) is 6.07 Å². The molecule has 0 amide bonds. The molecule has 0 aliphatic heterocycles. The Morgan fingerprint density at radius 1 is 1.50 bits per heavy atom. The minimum absolute atomic E-state index is 0.156. The number of hydrogen-bond donors (Lipinski definition) is 1. The van der Waals surface area contributed by atoms with Gasteiger partial charge < -0.3 is 15.0 Å². The normalized spacial score (nSPS) is 16.1. The van der Waals surface area contributed by atoms with Crippen LogP contribution < -0.4 is 10.5 Å². The highest BCUT2D eigenvalue weighted by atomic mass is 35.5. The van der Waals surface area contributed by atoms with Crippen molar-refractivity contribution in [2.24, 2.45) is 5.73 Å². The Hall–Kier alpha value is -1.59. The summed E-state index contributed by atoms with van der Waals surface area (Å²) in [6, 6.07) is 5.24. The Morgan fingerprint density at radius 2 is 2.30 bits per heavy atom. The number of nitrogens with two attached hydrogens (primary N) is 1. The smallest absolute Gasteiger partial charge is 0.229 e. The first kappa shape index (κ1) is 13.4. The molecule has 1 aliphatic rings. The molecule has 3 rings (SSSR count).